The van der Waals surface area contributed by atoms with E-state index in [0.29, 0.717) is 11.9 Å². The van der Waals surface area contributed by atoms with E-state index in [2.05, 4.69) is 33.3 Å². The van der Waals surface area contributed by atoms with E-state index in [1.807, 2.05) is 12.4 Å². The molecule has 0 spiro atoms. The molecule has 1 aromatic heterocycles. The molecule has 1 aliphatic rings. The van der Waals surface area contributed by atoms with Gasteiger partial charge in [0.25, 0.3) is 0 Å². The van der Waals surface area contributed by atoms with Gasteiger partial charge in [0.05, 0.1) is 6.07 Å². The van der Waals surface area contributed by atoms with Crippen molar-refractivity contribution in [3.8, 4) is 6.07 Å². The molecule has 2 heterocycles. The standard InChI is InChI=1S/C14H21N5/c1-14(2,10-15)18-13-16-8-12(9-17-13)11-4-6-19(3)7-5-11/h8-9,11H,4-7H2,1-3H3,(H,16,17,18). The zero-order valence-corrected chi connectivity index (χ0v) is 11.8. The number of rotatable bonds is 3. The minimum Gasteiger partial charge on any atom is -0.336 e. The number of hydrogen-bond donors (Lipinski definition) is 1. The molecule has 1 N–H and O–H groups in total. The quantitative estimate of drug-likeness (QED) is 0.899. The summed E-state index contributed by atoms with van der Waals surface area (Å²) in [4.78, 5) is 11.0. The summed E-state index contributed by atoms with van der Waals surface area (Å²) in [6, 6.07) is 2.18. The monoisotopic (exact) mass is 259 g/mol. The highest BCUT2D eigenvalue weighted by Crippen LogP contribution is 2.26. The molecule has 0 atom stereocenters. The predicted octanol–water partition coefficient (Wildman–Crippen LogP) is 2.00. The number of piperidine rings is 1. The van der Waals surface area contributed by atoms with E-state index in [9.17, 15) is 0 Å². The molecule has 0 bridgehead atoms. The van der Waals surface area contributed by atoms with Gasteiger partial charge in [0, 0.05) is 12.4 Å². The molecule has 0 aromatic carbocycles. The summed E-state index contributed by atoms with van der Waals surface area (Å²) in [5.41, 5.74) is 0.558. The third-order valence-electron chi connectivity index (χ3n) is 3.57. The first-order valence-corrected chi connectivity index (χ1v) is 6.70. The van der Waals surface area contributed by atoms with Gasteiger partial charge in [-0.05, 0) is 58.3 Å². The number of nitrogens with zero attached hydrogens (tertiary/aromatic N) is 4. The summed E-state index contributed by atoms with van der Waals surface area (Å²) in [7, 11) is 2.16. The summed E-state index contributed by atoms with van der Waals surface area (Å²) in [6.45, 7) is 5.88. The number of nitriles is 1. The van der Waals surface area contributed by atoms with Gasteiger partial charge >= 0.3 is 0 Å². The molecule has 0 amide bonds. The van der Waals surface area contributed by atoms with Crippen LogP contribution in [0.15, 0.2) is 12.4 Å². The molecular formula is C14H21N5. The lowest BCUT2D eigenvalue weighted by Crippen LogP contribution is -2.30. The lowest BCUT2D eigenvalue weighted by atomic mass is 9.92. The Hall–Kier alpha value is -1.67. The predicted molar refractivity (Wildman–Crippen MR) is 74.8 cm³/mol. The van der Waals surface area contributed by atoms with Crippen LogP contribution in [0, 0.1) is 11.3 Å². The van der Waals surface area contributed by atoms with Gasteiger partial charge in [-0.15, -0.1) is 0 Å². The van der Waals surface area contributed by atoms with E-state index in [0.717, 1.165) is 25.9 Å². The van der Waals surface area contributed by atoms with Gasteiger partial charge in [-0.25, -0.2) is 9.97 Å². The number of nitrogens with one attached hydrogen (secondary N) is 1. The fourth-order valence-corrected chi connectivity index (χ4v) is 2.26. The molecule has 1 fully saturated rings. The highest BCUT2D eigenvalue weighted by atomic mass is 15.1. The van der Waals surface area contributed by atoms with Gasteiger partial charge in [-0.3, -0.25) is 0 Å². The lowest BCUT2D eigenvalue weighted by Gasteiger charge is -2.28. The smallest absolute Gasteiger partial charge is 0.223 e. The maximum absolute atomic E-state index is 8.97. The van der Waals surface area contributed by atoms with Gasteiger partial charge in [-0.2, -0.15) is 5.26 Å². The number of aromatic nitrogens is 2. The first-order valence-electron chi connectivity index (χ1n) is 6.70. The highest BCUT2D eigenvalue weighted by Gasteiger charge is 2.20. The maximum Gasteiger partial charge on any atom is 0.223 e. The van der Waals surface area contributed by atoms with Crippen LogP contribution in [0.5, 0.6) is 0 Å². The Labute approximate surface area is 114 Å². The van der Waals surface area contributed by atoms with E-state index in [1.54, 1.807) is 13.8 Å². The van der Waals surface area contributed by atoms with E-state index in [4.69, 9.17) is 5.26 Å². The second-order valence-corrected chi connectivity index (χ2v) is 5.78. The first kappa shape index (κ1) is 13.8. The Kier molecular flexibility index (Phi) is 4.01. The molecule has 1 aliphatic heterocycles. The molecule has 0 unspecified atom stereocenters. The molecule has 5 nitrogen and oxygen atoms in total. The fourth-order valence-electron chi connectivity index (χ4n) is 2.26. The molecule has 0 saturated carbocycles. The van der Waals surface area contributed by atoms with E-state index in [1.165, 1.54) is 5.56 Å². The van der Waals surface area contributed by atoms with Crippen LogP contribution in [0.2, 0.25) is 0 Å². The van der Waals surface area contributed by atoms with Crippen molar-refractivity contribution in [3.05, 3.63) is 18.0 Å². The average Bonchev–Trinajstić information content (AvgIpc) is 2.40. The average molecular weight is 259 g/mol. The molecule has 102 valence electrons. The Morgan fingerprint density at radius 1 is 1.32 bits per heavy atom. The topological polar surface area (TPSA) is 64.8 Å². The van der Waals surface area contributed by atoms with Gasteiger partial charge in [0.15, 0.2) is 0 Å². The van der Waals surface area contributed by atoms with Crippen molar-refractivity contribution in [1.82, 2.24) is 14.9 Å². The SMILES string of the molecule is CN1CCC(c2cnc(NC(C)(C)C#N)nc2)CC1. The van der Waals surface area contributed by atoms with Crippen molar-refractivity contribution in [2.45, 2.75) is 38.1 Å². The van der Waals surface area contributed by atoms with Crippen LogP contribution < -0.4 is 5.32 Å². The van der Waals surface area contributed by atoms with Crippen LogP contribution in [0.25, 0.3) is 0 Å². The highest BCUT2D eigenvalue weighted by molar-refractivity contribution is 5.33. The van der Waals surface area contributed by atoms with Crippen molar-refractivity contribution < 1.29 is 0 Å². The Morgan fingerprint density at radius 3 is 2.42 bits per heavy atom. The van der Waals surface area contributed by atoms with E-state index >= 15 is 0 Å². The van der Waals surface area contributed by atoms with Crippen LogP contribution in [-0.2, 0) is 0 Å². The molecule has 0 aliphatic carbocycles. The largest absolute Gasteiger partial charge is 0.336 e. The molecule has 1 aromatic rings. The molecule has 1 saturated heterocycles. The summed E-state index contributed by atoms with van der Waals surface area (Å²) in [5.74, 6) is 1.08. The van der Waals surface area contributed by atoms with Gasteiger partial charge in [-0.1, -0.05) is 0 Å². The van der Waals surface area contributed by atoms with Crippen LogP contribution in [0.3, 0.4) is 0 Å². The van der Waals surface area contributed by atoms with Gasteiger partial charge in [0.1, 0.15) is 5.54 Å². The van der Waals surface area contributed by atoms with Crippen LogP contribution in [0.4, 0.5) is 5.95 Å². The molecular weight excluding hydrogens is 238 g/mol. The van der Waals surface area contributed by atoms with Gasteiger partial charge in [0.2, 0.25) is 5.95 Å². The van der Waals surface area contributed by atoms with Gasteiger partial charge < -0.3 is 10.2 Å². The minimum atomic E-state index is -0.644. The Balaban J connectivity index is 2.01. The second-order valence-electron chi connectivity index (χ2n) is 5.78. The van der Waals surface area contributed by atoms with Crippen molar-refractivity contribution in [1.29, 1.82) is 5.26 Å². The summed E-state index contributed by atoms with van der Waals surface area (Å²) < 4.78 is 0. The summed E-state index contributed by atoms with van der Waals surface area (Å²) in [6.07, 6.45) is 6.10. The van der Waals surface area contributed by atoms with E-state index < -0.39 is 5.54 Å². The fraction of sp³-hybridized carbons (Fsp3) is 0.643. The van der Waals surface area contributed by atoms with Crippen molar-refractivity contribution in [2.24, 2.45) is 0 Å². The molecule has 19 heavy (non-hydrogen) atoms. The third kappa shape index (κ3) is 3.65. The Morgan fingerprint density at radius 2 is 1.89 bits per heavy atom. The van der Waals surface area contributed by atoms with Crippen LogP contribution in [-0.4, -0.2) is 40.5 Å². The van der Waals surface area contributed by atoms with Crippen LogP contribution in [0.1, 0.15) is 38.2 Å². The van der Waals surface area contributed by atoms with Crippen molar-refractivity contribution in [3.63, 3.8) is 0 Å². The maximum atomic E-state index is 8.97. The summed E-state index contributed by atoms with van der Waals surface area (Å²) >= 11 is 0. The normalized spacial score (nSPS) is 18.0. The third-order valence-corrected chi connectivity index (χ3v) is 3.57. The second kappa shape index (κ2) is 5.54. The molecule has 2 rings (SSSR count). The first-order chi connectivity index (χ1) is 9.00. The number of anilines is 1. The minimum absolute atomic E-state index is 0.517. The van der Waals surface area contributed by atoms with Crippen molar-refractivity contribution >= 4 is 5.95 Å². The lowest BCUT2D eigenvalue weighted by molar-refractivity contribution is 0.255. The number of likely N-dealkylation sites (tertiary alicyclic amines) is 1. The number of hydrogen-bond acceptors (Lipinski definition) is 5. The molecule has 5 heteroatoms. The zero-order chi connectivity index (χ0) is 13.9. The van der Waals surface area contributed by atoms with Crippen LogP contribution >= 0.6 is 0 Å². The van der Waals surface area contributed by atoms with Crippen molar-refractivity contribution in [2.75, 3.05) is 25.5 Å². The zero-order valence-electron chi connectivity index (χ0n) is 11.8. The van der Waals surface area contributed by atoms with E-state index in [-0.39, 0.29) is 0 Å². The molecule has 0 radical (unpaired) electrons. The Bertz CT molecular complexity index is 452. The summed E-state index contributed by atoms with van der Waals surface area (Å²) in [5, 5.41) is 12.0.